The number of aliphatic hydroxyl groups excluding tert-OH is 1. The van der Waals surface area contributed by atoms with Crippen molar-refractivity contribution in [3.63, 3.8) is 0 Å². The first-order chi connectivity index (χ1) is 8.00. The predicted molar refractivity (Wildman–Crippen MR) is 68.8 cm³/mol. The molecule has 3 atom stereocenters. The molecule has 3 heteroatoms. The second kappa shape index (κ2) is 4.87. The topological polar surface area (TPSA) is 55.5 Å². The molecule has 3 unspecified atom stereocenters. The van der Waals surface area contributed by atoms with Crippen molar-refractivity contribution in [3.8, 4) is 0 Å². The molecule has 1 aliphatic carbocycles. The van der Waals surface area contributed by atoms with E-state index in [0.29, 0.717) is 12.6 Å². The highest BCUT2D eigenvalue weighted by atomic mass is 16.5. The van der Waals surface area contributed by atoms with Crippen molar-refractivity contribution in [2.45, 2.75) is 76.6 Å². The summed E-state index contributed by atoms with van der Waals surface area (Å²) in [5.74, 6) is 0. The number of aliphatic hydroxyl groups is 1. The zero-order chi connectivity index (χ0) is 12.5. The second-order valence-corrected chi connectivity index (χ2v) is 6.41. The first-order valence-electron chi connectivity index (χ1n) is 7.06. The van der Waals surface area contributed by atoms with Crippen LogP contribution < -0.4 is 5.73 Å². The fourth-order valence-corrected chi connectivity index (χ4v) is 3.37. The van der Waals surface area contributed by atoms with Crippen LogP contribution in [0.2, 0.25) is 0 Å². The number of nitrogens with two attached hydrogens (primary N) is 1. The number of hydrogen-bond acceptors (Lipinski definition) is 3. The van der Waals surface area contributed by atoms with Gasteiger partial charge in [-0.1, -0.05) is 19.8 Å². The van der Waals surface area contributed by atoms with E-state index in [0.717, 1.165) is 12.8 Å². The highest BCUT2D eigenvalue weighted by Crippen LogP contribution is 2.45. The summed E-state index contributed by atoms with van der Waals surface area (Å²) in [5, 5.41) is 9.85. The Balaban J connectivity index is 1.92. The summed E-state index contributed by atoms with van der Waals surface area (Å²) in [4.78, 5) is 0. The third kappa shape index (κ3) is 2.67. The van der Waals surface area contributed by atoms with Gasteiger partial charge in [-0.3, -0.25) is 0 Å². The lowest BCUT2D eigenvalue weighted by molar-refractivity contribution is -0.0660. The highest BCUT2D eigenvalue weighted by Gasteiger charge is 2.44. The summed E-state index contributed by atoms with van der Waals surface area (Å²) in [6.45, 7) is 4.44. The van der Waals surface area contributed by atoms with Crippen molar-refractivity contribution < 1.29 is 9.84 Å². The zero-order valence-electron chi connectivity index (χ0n) is 11.2. The Morgan fingerprint density at radius 2 is 2.06 bits per heavy atom. The minimum atomic E-state index is -0.365. The SMILES string of the molecule is CC(O)C(C)(CN)CC1CCC2(CCCC2)O1. The Morgan fingerprint density at radius 3 is 2.59 bits per heavy atom. The lowest BCUT2D eigenvalue weighted by Crippen LogP contribution is -2.40. The molecule has 2 aliphatic rings. The van der Waals surface area contributed by atoms with Gasteiger partial charge in [-0.05, 0) is 39.0 Å². The van der Waals surface area contributed by atoms with Crippen molar-refractivity contribution in [1.29, 1.82) is 0 Å². The Bertz CT molecular complexity index is 261. The van der Waals surface area contributed by atoms with Gasteiger partial charge in [0.05, 0.1) is 17.8 Å². The fraction of sp³-hybridized carbons (Fsp3) is 1.00. The van der Waals surface area contributed by atoms with Gasteiger partial charge in [0.2, 0.25) is 0 Å². The minimum Gasteiger partial charge on any atom is -0.393 e. The van der Waals surface area contributed by atoms with Crippen LogP contribution in [0.1, 0.15) is 58.8 Å². The van der Waals surface area contributed by atoms with Gasteiger partial charge in [0.15, 0.2) is 0 Å². The Labute approximate surface area is 105 Å². The van der Waals surface area contributed by atoms with E-state index >= 15 is 0 Å². The van der Waals surface area contributed by atoms with Crippen LogP contribution in [0.5, 0.6) is 0 Å². The second-order valence-electron chi connectivity index (χ2n) is 6.41. The standard InChI is InChI=1S/C14H27NO2/c1-11(16)13(2,10-15)9-12-5-8-14(17-12)6-3-4-7-14/h11-12,16H,3-10,15H2,1-2H3. The summed E-state index contributed by atoms with van der Waals surface area (Å²) >= 11 is 0. The van der Waals surface area contributed by atoms with Crippen LogP contribution in [0.15, 0.2) is 0 Å². The summed E-state index contributed by atoms with van der Waals surface area (Å²) in [6.07, 6.45) is 8.28. The molecule has 1 spiro atoms. The summed E-state index contributed by atoms with van der Waals surface area (Å²) in [7, 11) is 0. The number of ether oxygens (including phenoxy) is 1. The smallest absolute Gasteiger partial charge is 0.0687 e. The molecule has 2 fully saturated rings. The third-order valence-corrected chi connectivity index (χ3v) is 5.02. The molecule has 3 N–H and O–H groups in total. The van der Waals surface area contributed by atoms with Gasteiger partial charge in [-0.2, -0.15) is 0 Å². The zero-order valence-corrected chi connectivity index (χ0v) is 11.2. The van der Waals surface area contributed by atoms with Crippen LogP contribution in [0, 0.1) is 5.41 Å². The third-order valence-electron chi connectivity index (χ3n) is 5.02. The molecule has 100 valence electrons. The molecule has 1 saturated heterocycles. The molecule has 0 radical (unpaired) electrons. The molecule has 17 heavy (non-hydrogen) atoms. The molecule has 0 bridgehead atoms. The molecule has 0 aromatic heterocycles. The normalized spacial score (nSPS) is 32.8. The van der Waals surface area contributed by atoms with E-state index in [1.54, 1.807) is 0 Å². The van der Waals surface area contributed by atoms with Crippen LogP contribution in [-0.4, -0.2) is 29.5 Å². The summed E-state index contributed by atoms with van der Waals surface area (Å²) in [6, 6.07) is 0. The Kier molecular flexibility index (Phi) is 3.81. The van der Waals surface area contributed by atoms with Crippen LogP contribution in [-0.2, 0) is 4.74 Å². The molecule has 2 rings (SSSR count). The van der Waals surface area contributed by atoms with E-state index in [2.05, 4.69) is 6.92 Å². The monoisotopic (exact) mass is 241 g/mol. The molecule has 0 amide bonds. The van der Waals surface area contributed by atoms with Gasteiger partial charge in [0.1, 0.15) is 0 Å². The van der Waals surface area contributed by atoms with Crippen LogP contribution in [0.25, 0.3) is 0 Å². The summed E-state index contributed by atoms with van der Waals surface area (Å²) < 4.78 is 6.29. The molecule has 1 heterocycles. The molecule has 3 nitrogen and oxygen atoms in total. The maximum absolute atomic E-state index is 9.85. The van der Waals surface area contributed by atoms with E-state index in [4.69, 9.17) is 10.5 Å². The predicted octanol–water partition coefficient (Wildman–Crippen LogP) is 2.21. The van der Waals surface area contributed by atoms with Gasteiger partial charge in [0, 0.05) is 12.0 Å². The van der Waals surface area contributed by atoms with Crippen molar-refractivity contribution >= 4 is 0 Å². The minimum absolute atomic E-state index is 0.193. The quantitative estimate of drug-likeness (QED) is 0.793. The van der Waals surface area contributed by atoms with Gasteiger partial charge in [-0.15, -0.1) is 0 Å². The fourth-order valence-electron chi connectivity index (χ4n) is 3.37. The van der Waals surface area contributed by atoms with Crippen LogP contribution >= 0.6 is 0 Å². The van der Waals surface area contributed by atoms with Crippen molar-refractivity contribution in [2.24, 2.45) is 11.1 Å². The first kappa shape index (κ1) is 13.3. The molecular weight excluding hydrogens is 214 g/mol. The molecule has 1 saturated carbocycles. The molecule has 1 aliphatic heterocycles. The van der Waals surface area contributed by atoms with Gasteiger partial charge < -0.3 is 15.6 Å². The molecular formula is C14H27NO2. The van der Waals surface area contributed by atoms with Crippen molar-refractivity contribution in [3.05, 3.63) is 0 Å². The summed E-state index contributed by atoms with van der Waals surface area (Å²) in [5.41, 5.74) is 5.81. The van der Waals surface area contributed by atoms with Gasteiger partial charge in [-0.25, -0.2) is 0 Å². The Hall–Kier alpha value is -0.120. The van der Waals surface area contributed by atoms with Crippen molar-refractivity contribution in [1.82, 2.24) is 0 Å². The average molecular weight is 241 g/mol. The van der Waals surface area contributed by atoms with E-state index < -0.39 is 0 Å². The van der Waals surface area contributed by atoms with E-state index in [-0.39, 0.29) is 17.1 Å². The number of rotatable bonds is 4. The van der Waals surface area contributed by atoms with E-state index in [9.17, 15) is 5.11 Å². The molecule has 0 aromatic carbocycles. The van der Waals surface area contributed by atoms with Crippen LogP contribution in [0.4, 0.5) is 0 Å². The Morgan fingerprint density at radius 1 is 1.41 bits per heavy atom. The lowest BCUT2D eigenvalue weighted by atomic mass is 9.79. The average Bonchev–Trinajstić information content (AvgIpc) is 2.90. The first-order valence-corrected chi connectivity index (χ1v) is 7.06. The number of hydrogen-bond donors (Lipinski definition) is 2. The maximum Gasteiger partial charge on any atom is 0.0687 e. The maximum atomic E-state index is 9.85. The molecule has 0 aromatic rings. The lowest BCUT2D eigenvalue weighted by Gasteiger charge is -2.34. The highest BCUT2D eigenvalue weighted by molar-refractivity contribution is 4.95. The van der Waals surface area contributed by atoms with E-state index in [1.165, 1.54) is 32.1 Å². The van der Waals surface area contributed by atoms with Crippen molar-refractivity contribution in [2.75, 3.05) is 6.54 Å². The van der Waals surface area contributed by atoms with E-state index in [1.807, 2.05) is 6.92 Å². The van der Waals surface area contributed by atoms with Gasteiger partial charge >= 0.3 is 0 Å². The van der Waals surface area contributed by atoms with Crippen LogP contribution in [0.3, 0.4) is 0 Å². The van der Waals surface area contributed by atoms with Gasteiger partial charge in [0.25, 0.3) is 0 Å². The largest absolute Gasteiger partial charge is 0.393 e.